The van der Waals surface area contributed by atoms with Gasteiger partial charge in [0.15, 0.2) is 5.82 Å². The van der Waals surface area contributed by atoms with Gasteiger partial charge in [-0.3, -0.25) is 4.90 Å². The first kappa shape index (κ1) is 32.8. The number of fused-ring (bicyclic) bond motifs is 3. The SMILES string of the molecule is CCCN1CCc2c(n(-c3ccc(-c4cc(-c5ccc(-c6ccccc6)cc5)nc(-c5ccc(-c6ccccc6)cc5)n4)cc3)c3ccccc23)C1C. The van der Waals surface area contributed by atoms with Gasteiger partial charge in [0.25, 0.3) is 0 Å². The number of aromatic nitrogens is 3. The summed E-state index contributed by atoms with van der Waals surface area (Å²) in [7, 11) is 0. The summed E-state index contributed by atoms with van der Waals surface area (Å²) < 4.78 is 2.50. The van der Waals surface area contributed by atoms with Crippen molar-refractivity contribution in [1.29, 1.82) is 0 Å². The predicted octanol–water partition coefficient (Wildman–Crippen LogP) is 12.1. The van der Waals surface area contributed by atoms with Gasteiger partial charge in [-0.25, -0.2) is 9.97 Å². The molecule has 1 atom stereocenters. The summed E-state index contributed by atoms with van der Waals surface area (Å²) in [4.78, 5) is 13.0. The van der Waals surface area contributed by atoms with Gasteiger partial charge < -0.3 is 4.57 Å². The Morgan fingerprint density at radius 3 is 1.62 bits per heavy atom. The third-order valence-electron chi connectivity index (χ3n) is 10.8. The van der Waals surface area contributed by atoms with Gasteiger partial charge in [-0.2, -0.15) is 0 Å². The molecule has 0 saturated heterocycles. The van der Waals surface area contributed by atoms with Gasteiger partial charge in [-0.1, -0.05) is 146 Å². The first-order valence-electron chi connectivity index (χ1n) is 18.8. The molecule has 0 spiro atoms. The van der Waals surface area contributed by atoms with Crippen LogP contribution in [-0.2, 0) is 6.42 Å². The molecule has 0 saturated carbocycles. The Hall–Kier alpha value is -6.10. The molecule has 1 aliphatic heterocycles. The van der Waals surface area contributed by atoms with E-state index in [0.717, 1.165) is 54.0 Å². The van der Waals surface area contributed by atoms with Crippen LogP contribution in [0.15, 0.2) is 164 Å². The molecular weight excluding hydrogens is 645 g/mol. The molecule has 4 nitrogen and oxygen atoms in total. The van der Waals surface area contributed by atoms with Crippen LogP contribution in [0.4, 0.5) is 0 Å². The zero-order chi connectivity index (χ0) is 35.7. The highest BCUT2D eigenvalue weighted by atomic mass is 15.2. The van der Waals surface area contributed by atoms with E-state index in [2.05, 4.69) is 181 Å². The van der Waals surface area contributed by atoms with Crippen molar-refractivity contribution < 1.29 is 0 Å². The highest BCUT2D eigenvalue weighted by molar-refractivity contribution is 5.88. The van der Waals surface area contributed by atoms with E-state index in [9.17, 15) is 0 Å². The van der Waals surface area contributed by atoms with E-state index in [1.807, 2.05) is 6.07 Å². The van der Waals surface area contributed by atoms with Crippen LogP contribution in [0, 0.1) is 0 Å². The largest absolute Gasteiger partial charge is 0.312 e. The summed E-state index contributed by atoms with van der Waals surface area (Å²) in [6, 6.07) is 58.6. The van der Waals surface area contributed by atoms with Gasteiger partial charge in [0, 0.05) is 46.0 Å². The maximum absolute atomic E-state index is 5.20. The van der Waals surface area contributed by atoms with Crippen LogP contribution in [-0.4, -0.2) is 32.5 Å². The van der Waals surface area contributed by atoms with Crippen molar-refractivity contribution in [2.75, 3.05) is 13.1 Å². The molecule has 9 rings (SSSR count). The molecule has 0 radical (unpaired) electrons. The first-order chi connectivity index (χ1) is 26.1. The monoisotopic (exact) mass is 686 g/mol. The minimum Gasteiger partial charge on any atom is -0.312 e. The van der Waals surface area contributed by atoms with Crippen LogP contribution >= 0.6 is 0 Å². The average Bonchev–Trinajstić information content (AvgIpc) is 3.58. The van der Waals surface area contributed by atoms with Gasteiger partial charge in [0.05, 0.1) is 16.9 Å². The Morgan fingerprint density at radius 1 is 0.547 bits per heavy atom. The molecule has 1 aliphatic rings. The van der Waals surface area contributed by atoms with E-state index in [1.54, 1.807) is 0 Å². The van der Waals surface area contributed by atoms with E-state index < -0.39 is 0 Å². The van der Waals surface area contributed by atoms with Crippen LogP contribution in [0.3, 0.4) is 0 Å². The van der Waals surface area contributed by atoms with Crippen LogP contribution in [0.2, 0.25) is 0 Å². The van der Waals surface area contributed by atoms with Crippen LogP contribution < -0.4 is 0 Å². The third-order valence-corrected chi connectivity index (χ3v) is 10.8. The minimum atomic E-state index is 0.347. The number of benzene rings is 6. The first-order valence-corrected chi connectivity index (χ1v) is 18.8. The third kappa shape index (κ3) is 6.26. The fourth-order valence-electron chi connectivity index (χ4n) is 8.08. The molecule has 53 heavy (non-hydrogen) atoms. The molecule has 0 aliphatic carbocycles. The summed E-state index contributed by atoms with van der Waals surface area (Å²) in [5.74, 6) is 0.712. The second-order valence-corrected chi connectivity index (χ2v) is 14.1. The minimum absolute atomic E-state index is 0.347. The molecule has 8 aromatic rings. The van der Waals surface area contributed by atoms with Gasteiger partial charge in [-0.05, 0) is 78.4 Å². The molecule has 0 N–H and O–H groups in total. The molecule has 0 amide bonds. The Balaban J connectivity index is 1.12. The molecular formula is C49H42N4. The maximum Gasteiger partial charge on any atom is 0.160 e. The van der Waals surface area contributed by atoms with E-state index in [-0.39, 0.29) is 0 Å². The van der Waals surface area contributed by atoms with Crippen LogP contribution in [0.1, 0.15) is 37.6 Å². The van der Waals surface area contributed by atoms with Crippen molar-refractivity contribution in [2.45, 2.75) is 32.7 Å². The molecule has 6 aromatic carbocycles. The Bertz CT molecular complexity index is 2400. The number of rotatable bonds is 8. The van der Waals surface area contributed by atoms with Crippen LogP contribution in [0.25, 0.3) is 72.7 Å². The van der Waals surface area contributed by atoms with Crippen molar-refractivity contribution in [3.05, 3.63) is 175 Å². The standard InChI is InChI=1S/C49H42N4/c1-3-31-52-32-30-44-43-16-10-11-17-47(43)53(48(44)34(52)2)42-28-26-40(27-29-42)46-33-45(39-22-18-37(19-23-39)35-12-6-4-7-13-35)50-49(51-46)41-24-20-38(21-25-41)36-14-8-5-9-15-36/h4-29,33-34H,3,30-32H2,1-2H3. The lowest BCUT2D eigenvalue weighted by molar-refractivity contribution is 0.194. The molecule has 1 unspecified atom stereocenters. The molecule has 258 valence electrons. The summed E-state index contributed by atoms with van der Waals surface area (Å²) in [6.07, 6.45) is 2.24. The van der Waals surface area contributed by atoms with E-state index in [1.165, 1.54) is 50.1 Å². The summed E-state index contributed by atoms with van der Waals surface area (Å²) in [6.45, 7) is 6.88. The molecule has 0 fully saturated rings. The predicted molar refractivity (Wildman–Crippen MR) is 220 cm³/mol. The zero-order valence-corrected chi connectivity index (χ0v) is 30.3. The second kappa shape index (κ2) is 14.1. The van der Waals surface area contributed by atoms with Gasteiger partial charge in [0.2, 0.25) is 0 Å². The van der Waals surface area contributed by atoms with Crippen LogP contribution in [0.5, 0.6) is 0 Å². The number of nitrogens with zero attached hydrogens (tertiary/aromatic N) is 4. The van der Waals surface area contributed by atoms with Gasteiger partial charge in [-0.15, -0.1) is 0 Å². The molecule has 4 heteroatoms. The summed E-state index contributed by atoms with van der Waals surface area (Å²) in [5, 5.41) is 1.37. The Morgan fingerprint density at radius 2 is 1.04 bits per heavy atom. The fourth-order valence-corrected chi connectivity index (χ4v) is 8.08. The number of hydrogen-bond acceptors (Lipinski definition) is 3. The van der Waals surface area contributed by atoms with Crippen molar-refractivity contribution in [1.82, 2.24) is 19.4 Å². The highest BCUT2D eigenvalue weighted by Crippen LogP contribution is 2.39. The Kier molecular flexibility index (Phi) is 8.75. The molecule has 2 aromatic heterocycles. The fraction of sp³-hybridized carbons (Fsp3) is 0.143. The smallest absolute Gasteiger partial charge is 0.160 e. The van der Waals surface area contributed by atoms with Crippen molar-refractivity contribution >= 4 is 10.9 Å². The zero-order valence-electron chi connectivity index (χ0n) is 30.3. The summed E-state index contributed by atoms with van der Waals surface area (Å²) >= 11 is 0. The summed E-state index contributed by atoms with van der Waals surface area (Å²) in [5.41, 5.74) is 15.0. The van der Waals surface area contributed by atoms with E-state index in [4.69, 9.17) is 9.97 Å². The molecule has 0 bridgehead atoms. The molecule has 3 heterocycles. The highest BCUT2D eigenvalue weighted by Gasteiger charge is 2.30. The quantitative estimate of drug-likeness (QED) is 0.160. The maximum atomic E-state index is 5.20. The topological polar surface area (TPSA) is 34.0 Å². The van der Waals surface area contributed by atoms with Gasteiger partial charge >= 0.3 is 0 Å². The lowest BCUT2D eigenvalue weighted by atomic mass is 9.98. The van der Waals surface area contributed by atoms with Gasteiger partial charge in [0.1, 0.15) is 0 Å². The van der Waals surface area contributed by atoms with Crippen molar-refractivity contribution in [3.63, 3.8) is 0 Å². The number of hydrogen-bond donors (Lipinski definition) is 0. The normalized spacial score (nSPS) is 14.3. The van der Waals surface area contributed by atoms with E-state index in [0.29, 0.717) is 11.9 Å². The van der Waals surface area contributed by atoms with Crippen molar-refractivity contribution in [3.8, 4) is 61.8 Å². The lowest BCUT2D eigenvalue weighted by Crippen LogP contribution is -2.35. The lowest BCUT2D eigenvalue weighted by Gasteiger charge is -2.34. The second-order valence-electron chi connectivity index (χ2n) is 14.1. The number of para-hydroxylation sites is 1. The average molecular weight is 687 g/mol. The van der Waals surface area contributed by atoms with Crippen molar-refractivity contribution in [2.24, 2.45) is 0 Å². The Labute approximate surface area is 312 Å². The van der Waals surface area contributed by atoms with E-state index >= 15 is 0 Å².